The van der Waals surface area contributed by atoms with E-state index in [1.165, 1.54) is 6.07 Å². The largest absolute Gasteiger partial charge is 0.476 e. The lowest BCUT2D eigenvalue weighted by atomic mass is 10.2. The monoisotopic (exact) mass is 232 g/mol. The van der Waals surface area contributed by atoms with Gasteiger partial charge >= 0.3 is 5.97 Å². The Hall–Kier alpha value is -1.74. The van der Waals surface area contributed by atoms with Crippen LogP contribution in [0.4, 0.5) is 8.78 Å². The fourth-order valence-corrected chi connectivity index (χ4v) is 1.12. The molecule has 7 heteroatoms. The second-order valence-electron chi connectivity index (χ2n) is 2.47. The smallest absolute Gasteiger partial charge is 0.355 e. The Kier molecular flexibility index (Phi) is 3.17. The zero-order valence-electron chi connectivity index (χ0n) is 7.04. The Balaban J connectivity index is 3.47. The van der Waals surface area contributed by atoms with E-state index in [4.69, 9.17) is 22.0 Å². The summed E-state index contributed by atoms with van der Waals surface area (Å²) >= 11 is 5.44. The number of aromatic carboxylic acids is 1. The van der Waals surface area contributed by atoms with Crippen molar-refractivity contribution in [2.75, 3.05) is 0 Å². The highest BCUT2D eigenvalue weighted by Crippen LogP contribution is 2.26. The maximum Gasteiger partial charge on any atom is 0.355 e. The van der Waals surface area contributed by atoms with E-state index < -0.39 is 29.3 Å². The van der Waals surface area contributed by atoms with Crippen LogP contribution in [0.1, 0.15) is 28.2 Å². The number of carboxylic acid groups (broad SMARTS) is 1. The van der Waals surface area contributed by atoms with E-state index in [0.717, 1.165) is 6.07 Å². The van der Waals surface area contributed by atoms with Gasteiger partial charge in [0.05, 0.1) is 10.6 Å². The second-order valence-corrected chi connectivity index (χ2v) is 2.88. The van der Waals surface area contributed by atoms with Crippen LogP contribution in [0.15, 0.2) is 6.07 Å². The third kappa shape index (κ3) is 2.19. The molecule has 1 heterocycles. The van der Waals surface area contributed by atoms with Gasteiger partial charge in [0.1, 0.15) is 6.07 Å². The maximum absolute atomic E-state index is 12.4. The number of rotatable bonds is 2. The molecule has 0 aliphatic carbocycles. The van der Waals surface area contributed by atoms with Crippen molar-refractivity contribution < 1.29 is 18.7 Å². The van der Waals surface area contributed by atoms with E-state index in [2.05, 4.69) is 4.98 Å². The number of pyridine rings is 1. The zero-order chi connectivity index (χ0) is 11.6. The van der Waals surface area contributed by atoms with Crippen LogP contribution in [-0.2, 0) is 0 Å². The number of alkyl halides is 2. The molecule has 0 spiro atoms. The van der Waals surface area contributed by atoms with Crippen LogP contribution in [-0.4, -0.2) is 16.1 Å². The maximum atomic E-state index is 12.4. The van der Waals surface area contributed by atoms with Crippen molar-refractivity contribution in [2.24, 2.45) is 0 Å². The molecule has 0 radical (unpaired) electrons. The van der Waals surface area contributed by atoms with Gasteiger partial charge in [0.15, 0.2) is 11.4 Å². The van der Waals surface area contributed by atoms with Crippen LogP contribution < -0.4 is 0 Å². The van der Waals surface area contributed by atoms with E-state index in [9.17, 15) is 13.6 Å². The number of hydrogen-bond donors (Lipinski definition) is 1. The summed E-state index contributed by atoms with van der Waals surface area (Å²) < 4.78 is 24.7. The van der Waals surface area contributed by atoms with Crippen LogP contribution in [0.2, 0.25) is 5.02 Å². The van der Waals surface area contributed by atoms with Crippen molar-refractivity contribution >= 4 is 17.6 Å². The lowest BCUT2D eigenvalue weighted by Crippen LogP contribution is -2.08. The van der Waals surface area contributed by atoms with Crippen molar-refractivity contribution in [3.63, 3.8) is 0 Å². The van der Waals surface area contributed by atoms with Gasteiger partial charge in [-0.1, -0.05) is 11.6 Å². The first-order valence-corrected chi connectivity index (χ1v) is 3.97. The summed E-state index contributed by atoms with van der Waals surface area (Å²) in [7, 11) is 0. The van der Waals surface area contributed by atoms with Gasteiger partial charge in [-0.2, -0.15) is 5.26 Å². The van der Waals surface area contributed by atoms with Crippen LogP contribution in [0.3, 0.4) is 0 Å². The molecule has 0 fully saturated rings. The number of nitrogens with zero attached hydrogens (tertiary/aromatic N) is 2. The molecule has 0 unspecified atom stereocenters. The number of nitriles is 1. The van der Waals surface area contributed by atoms with Gasteiger partial charge in [0, 0.05) is 0 Å². The second kappa shape index (κ2) is 4.19. The summed E-state index contributed by atoms with van der Waals surface area (Å²) in [5.74, 6) is -1.63. The van der Waals surface area contributed by atoms with Crippen molar-refractivity contribution in [3.8, 4) is 6.07 Å². The Morgan fingerprint density at radius 1 is 1.67 bits per heavy atom. The fourth-order valence-electron chi connectivity index (χ4n) is 0.919. The number of aromatic nitrogens is 1. The predicted octanol–water partition coefficient (Wildman–Crippen LogP) is 2.24. The molecule has 15 heavy (non-hydrogen) atoms. The molecule has 0 atom stereocenters. The van der Waals surface area contributed by atoms with Crippen molar-refractivity contribution in [1.29, 1.82) is 5.26 Å². The molecular weight excluding hydrogens is 230 g/mol. The van der Waals surface area contributed by atoms with Gasteiger partial charge in [-0.15, -0.1) is 0 Å². The zero-order valence-corrected chi connectivity index (χ0v) is 7.79. The average molecular weight is 233 g/mol. The average Bonchev–Trinajstić information content (AvgIpc) is 2.16. The molecule has 1 rings (SSSR count). The minimum atomic E-state index is -3.01. The molecule has 0 bridgehead atoms. The topological polar surface area (TPSA) is 74.0 Å². The highest BCUT2D eigenvalue weighted by molar-refractivity contribution is 6.31. The van der Waals surface area contributed by atoms with Crippen molar-refractivity contribution in [2.45, 2.75) is 6.43 Å². The molecule has 78 valence electrons. The van der Waals surface area contributed by atoms with Crippen molar-refractivity contribution in [3.05, 3.63) is 28.0 Å². The SMILES string of the molecule is N#Cc1nc(C(=O)O)c(C(F)F)cc1Cl. The number of halogens is 3. The first-order chi connectivity index (χ1) is 6.97. The van der Waals surface area contributed by atoms with E-state index >= 15 is 0 Å². The third-order valence-electron chi connectivity index (χ3n) is 1.55. The van der Waals surface area contributed by atoms with E-state index in [-0.39, 0.29) is 5.02 Å². The Morgan fingerprint density at radius 2 is 2.27 bits per heavy atom. The van der Waals surface area contributed by atoms with Crippen LogP contribution in [0.25, 0.3) is 0 Å². The van der Waals surface area contributed by atoms with E-state index in [1.807, 2.05) is 0 Å². The molecule has 1 aromatic heterocycles. The fraction of sp³-hybridized carbons (Fsp3) is 0.125. The molecule has 0 amide bonds. The summed E-state index contributed by atoms with van der Waals surface area (Å²) in [4.78, 5) is 13.8. The van der Waals surface area contributed by atoms with Crippen molar-refractivity contribution in [1.82, 2.24) is 4.98 Å². The number of hydrogen-bond acceptors (Lipinski definition) is 3. The van der Waals surface area contributed by atoms with Crippen LogP contribution in [0, 0.1) is 11.3 Å². The molecular formula is C8H3ClF2N2O2. The lowest BCUT2D eigenvalue weighted by molar-refractivity contribution is 0.0677. The Morgan fingerprint density at radius 3 is 2.67 bits per heavy atom. The number of carboxylic acids is 1. The summed E-state index contributed by atoms with van der Waals surface area (Å²) in [6.07, 6.45) is -3.01. The summed E-state index contributed by atoms with van der Waals surface area (Å²) in [6.45, 7) is 0. The molecule has 0 aliphatic heterocycles. The molecule has 0 aromatic carbocycles. The van der Waals surface area contributed by atoms with Crippen LogP contribution in [0.5, 0.6) is 0 Å². The normalized spacial score (nSPS) is 10.1. The van der Waals surface area contributed by atoms with Gasteiger partial charge in [0.25, 0.3) is 6.43 Å². The highest BCUT2D eigenvalue weighted by Gasteiger charge is 2.22. The highest BCUT2D eigenvalue weighted by atomic mass is 35.5. The van der Waals surface area contributed by atoms with Gasteiger partial charge < -0.3 is 5.11 Å². The summed E-state index contributed by atoms with van der Waals surface area (Å²) in [5.41, 5.74) is -2.05. The first-order valence-electron chi connectivity index (χ1n) is 3.59. The minimum absolute atomic E-state index is 0.294. The van der Waals surface area contributed by atoms with Crippen LogP contribution >= 0.6 is 11.6 Å². The third-order valence-corrected chi connectivity index (χ3v) is 1.84. The van der Waals surface area contributed by atoms with Gasteiger partial charge in [-0.3, -0.25) is 0 Å². The van der Waals surface area contributed by atoms with Gasteiger partial charge in [-0.25, -0.2) is 18.6 Å². The molecule has 1 N–H and O–H groups in total. The molecule has 0 aliphatic rings. The molecule has 4 nitrogen and oxygen atoms in total. The molecule has 0 saturated carbocycles. The summed E-state index contributed by atoms with van der Waals surface area (Å²) in [6, 6.07) is 2.24. The quantitative estimate of drug-likeness (QED) is 0.849. The van der Waals surface area contributed by atoms with Gasteiger partial charge in [0.2, 0.25) is 0 Å². The molecule has 0 saturated heterocycles. The minimum Gasteiger partial charge on any atom is -0.476 e. The predicted molar refractivity (Wildman–Crippen MR) is 45.9 cm³/mol. The summed E-state index contributed by atoms with van der Waals surface area (Å²) in [5, 5.41) is 16.8. The lowest BCUT2D eigenvalue weighted by Gasteiger charge is -2.05. The first kappa shape index (κ1) is 11.3. The van der Waals surface area contributed by atoms with E-state index in [1.54, 1.807) is 0 Å². The Labute approximate surface area is 87.7 Å². The molecule has 1 aromatic rings. The Bertz CT molecular complexity index is 457. The number of carbonyl (C=O) groups is 1. The van der Waals surface area contributed by atoms with E-state index in [0.29, 0.717) is 0 Å². The standard InChI is InChI=1S/C8H3ClF2N2O2/c9-4-1-3(7(10)11)6(8(14)15)13-5(4)2-12/h1,7H,(H,14,15). The van der Waals surface area contributed by atoms with Gasteiger partial charge in [-0.05, 0) is 6.07 Å².